The van der Waals surface area contributed by atoms with Gasteiger partial charge in [-0.1, -0.05) is 30.3 Å². The maximum absolute atomic E-state index is 14.4. The lowest BCUT2D eigenvalue weighted by Gasteiger charge is -2.16. The van der Waals surface area contributed by atoms with Gasteiger partial charge in [0.15, 0.2) is 18.1 Å². The Morgan fingerprint density at radius 2 is 1.89 bits per heavy atom. The topological polar surface area (TPSA) is 116 Å². The van der Waals surface area contributed by atoms with Gasteiger partial charge in [-0.2, -0.15) is 5.26 Å². The summed E-state index contributed by atoms with van der Waals surface area (Å²) >= 11 is 0. The van der Waals surface area contributed by atoms with E-state index in [0.717, 1.165) is 11.1 Å². The van der Waals surface area contributed by atoms with Gasteiger partial charge in [0.25, 0.3) is 0 Å². The number of nitrogens with zero attached hydrogens (tertiary/aromatic N) is 3. The molecule has 0 aliphatic carbocycles. The molecule has 37 heavy (non-hydrogen) atoms. The third-order valence-electron chi connectivity index (χ3n) is 6.00. The molecule has 5 rings (SSSR count). The number of hydrogen-bond acceptors (Lipinski definition) is 7. The summed E-state index contributed by atoms with van der Waals surface area (Å²) in [5.41, 5.74) is 3.89. The van der Waals surface area contributed by atoms with Crippen LogP contribution in [-0.4, -0.2) is 40.3 Å². The number of fused-ring (bicyclic) bond motifs is 3. The van der Waals surface area contributed by atoms with Crippen molar-refractivity contribution < 1.29 is 19.0 Å². The smallest absolute Gasteiger partial charge is 0.174 e. The summed E-state index contributed by atoms with van der Waals surface area (Å²) in [6.45, 7) is 1.59. The van der Waals surface area contributed by atoms with Gasteiger partial charge in [0, 0.05) is 18.0 Å². The molecule has 3 aromatic carbocycles. The first-order chi connectivity index (χ1) is 18.0. The number of rotatable bonds is 8. The van der Waals surface area contributed by atoms with Gasteiger partial charge in [-0.3, -0.25) is 0 Å². The minimum absolute atomic E-state index is 0.00233. The Kier molecular flexibility index (Phi) is 6.58. The van der Waals surface area contributed by atoms with Crippen LogP contribution in [-0.2, 0) is 0 Å². The summed E-state index contributed by atoms with van der Waals surface area (Å²) in [5, 5.41) is 23.9. The Morgan fingerprint density at radius 1 is 1.08 bits per heavy atom. The van der Waals surface area contributed by atoms with Crippen molar-refractivity contribution in [3.63, 3.8) is 0 Å². The highest BCUT2D eigenvalue weighted by Crippen LogP contribution is 2.39. The molecular formula is C28H24FN5O3. The minimum atomic E-state index is -0.837. The fraction of sp³-hybridized carbons (Fsp3) is 0.179. The second-order valence-electron chi connectivity index (χ2n) is 8.44. The Labute approximate surface area is 212 Å². The van der Waals surface area contributed by atoms with Gasteiger partial charge in [0.1, 0.15) is 36.1 Å². The maximum atomic E-state index is 14.4. The number of halogens is 1. The third-order valence-corrected chi connectivity index (χ3v) is 6.00. The lowest BCUT2D eigenvalue weighted by Crippen LogP contribution is -2.10. The Balaban J connectivity index is 1.58. The number of H-pyrrole nitrogens is 1. The number of nitriles is 1. The number of aromatic amines is 1. The van der Waals surface area contributed by atoms with Crippen molar-refractivity contribution in [3.8, 4) is 28.8 Å². The van der Waals surface area contributed by atoms with Crippen molar-refractivity contribution >= 4 is 27.6 Å². The SMILES string of the molecule is CNc1cc(F)cc2c1[nH]c1nc(C)nc(-c3ccc(OC[C@H](O)c4ccccc4)c(OCC#N)c3)c12. The van der Waals surface area contributed by atoms with Crippen LogP contribution in [0.5, 0.6) is 11.5 Å². The molecule has 0 aliphatic rings. The average molecular weight is 498 g/mol. The fourth-order valence-corrected chi connectivity index (χ4v) is 4.32. The molecule has 0 amide bonds. The van der Waals surface area contributed by atoms with E-state index < -0.39 is 6.10 Å². The van der Waals surface area contributed by atoms with E-state index in [2.05, 4.69) is 20.3 Å². The van der Waals surface area contributed by atoms with Crippen molar-refractivity contribution in [1.82, 2.24) is 15.0 Å². The lowest BCUT2D eigenvalue weighted by atomic mass is 10.0. The van der Waals surface area contributed by atoms with Crippen LogP contribution in [0.25, 0.3) is 33.2 Å². The van der Waals surface area contributed by atoms with Gasteiger partial charge in [0.05, 0.1) is 22.3 Å². The van der Waals surface area contributed by atoms with Gasteiger partial charge >= 0.3 is 0 Å². The summed E-state index contributed by atoms with van der Waals surface area (Å²) in [6.07, 6.45) is -0.837. The molecule has 0 fully saturated rings. The van der Waals surface area contributed by atoms with Crippen molar-refractivity contribution in [3.05, 3.63) is 77.9 Å². The number of aliphatic hydroxyl groups is 1. The van der Waals surface area contributed by atoms with Gasteiger partial charge in [0.2, 0.25) is 0 Å². The van der Waals surface area contributed by atoms with Crippen molar-refractivity contribution in [1.29, 1.82) is 5.26 Å². The van der Waals surface area contributed by atoms with E-state index in [1.165, 1.54) is 12.1 Å². The summed E-state index contributed by atoms with van der Waals surface area (Å²) in [6, 6.07) is 19.3. The second kappa shape index (κ2) is 10.1. The first-order valence-electron chi connectivity index (χ1n) is 11.7. The second-order valence-corrected chi connectivity index (χ2v) is 8.44. The van der Waals surface area contributed by atoms with E-state index in [1.807, 2.05) is 42.5 Å². The maximum Gasteiger partial charge on any atom is 0.174 e. The normalized spacial score (nSPS) is 11.9. The molecule has 9 heteroatoms. The van der Waals surface area contributed by atoms with Gasteiger partial charge in [-0.25, -0.2) is 14.4 Å². The Morgan fingerprint density at radius 3 is 2.65 bits per heavy atom. The predicted octanol–water partition coefficient (Wildman–Crippen LogP) is 5.28. The lowest BCUT2D eigenvalue weighted by molar-refractivity contribution is 0.106. The molecule has 5 aromatic rings. The fourth-order valence-electron chi connectivity index (χ4n) is 4.32. The molecule has 0 bridgehead atoms. The molecule has 0 saturated heterocycles. The number of ether oxygens (including phenoxy) is 2. The zero-order valence-electron chi connectivity index (χ0n) is 20.2. The molecule has 0 unspecified atom stereocenters. The van der Waals surface area contributed by atoms with E-state index >= 15 is 0 Å². The zero-order chi connectivity index (χ0) is 25.9. The van der Waals surface area contributed by atoms with E-state index in [9.17, 15) is 9.50 Å². The van der Waals surface area contributed by atoms with E-state index in [4.69, 9.17) is 14.7 Å². The number of benzene rings is 3. The van der Waals surface area contributed by atoms with E-state index in [-0.39, 0.29) is 19.0 Å². The van der Waals surface area contributed by atoms with Crippen LogP contribution in [0.2, 0.25) is 0 Å². The molecule has 0 saturated carbocycles. The molecular weight excluding hydrogens is 473 g/mol. The number of hydrogen-bond donors (Lipinski definition) is 3. The number of aliphatic hydroxyl groups excluding tert-OH is 1. The molecule has 186 valence electrons. The third kappa shape index (κ3) is 4.75. The quantitative estimate of drug-likeness (QED) is 0.267. The highest BCUT2D eigenvalue weighted by molar-refractivity contribution is 6.15. The molecule has 0 spiro atoms. The van der Waals surface area contributed by atoms with Crippen LogP contribution in [0.1, 0.15) is 17.5 Å². The van der Waals surface area contributed by atoms with Crippen molar-refractivity contribution in [2.24, 2.45) is 0 Å². The monoisotopic (exact) mass is 497 g/mol. The first kappa shape index (κ1) is 24.0. The number of nitrogens with one attached hydrogen (secondary N) is 2. The minimum Gasteiger partial charge on any atom is -0.487 e. The summed E-state index contributed by atoms with van der Waals surface area (Å²) < 4.78 is 26.0. The molecule has 2 aromatic heterocycles. The molecule has 3 N–H and O–H groups in total. The highest BCUT2D eigenvalue weighted by Gasteiger charge is 2.19. The number of aromatic nitrogens is 3. The Bertz CT molecular complexity index is 1630. The average Bonchev–Trinajstić information content (AvgIpc) is 3.28. The van der Waals surface area contributed by atoms with Crippen molar-refractivity contribution in [2.75, 3.05) is 25.6 Å². The van der Waals surface area contributed by atoms with Crippen LogP contribution >= 0.6 is 0 Å². The predicted molar refractivity (Wildman–Crippen MR) is 139 cm³/mol. The highest BCUT2D eigenvalue weighted by atomic mass is 19.1. The van der Waals surface area contributed by atoms with Crippen LogP contribution in [0.3, 0.4) is 0 Å². The summed E-state index contributed by atoms with van der Waals surface area (Å²) in [4.78, 5) is 12.5. The number of aryl methyl sites for hydroxylation is 1. The van der Waals surface area contributed by atoms with E-state index in [1.54, 1.807) is 26.1 Å². The van der Waals surface area contributed by atoms with Crippen LogP contribution in [0, 0.1) is 24.1 Å². The molecule has 8 nitrogen and oxygen atoms in total. The van der Waals surface area contributed by atoms with E-state index in [0.29, 0.717) is 50.7 Å². The number of anilines is 1. The summed E-state index contributed by atoms with van der Waals surface area (Å²) in [5.74, 6) is 0.846. The van der Waals surface area contributed by atoms with Gasteiger partial charge in [-0.15, -0.1) is 0 Å². The first-order valence-corrected chi connectivity index (χ1v) is 11.7. The molecule has 0 aliphatic heterocycles. The van der Waals surface area contributed by atoms with Crippen molar-refractivity contribution in [2.45, 2.75) is 13.0 Å². The standard InChI is InChI=1S/C28H24FN5O3/c1-16-32-26(25-20-13-19(29)14-21(31-2)27(20)34-28(25)33-16)18-8-9-23(24(12-18)36-11-10-30)37-15-22(35)17-6-4-3-5-7-17/h3-9,12-14,22,31,35H,11,15H2,1-2H3,(H,32,33,34)/t22-/m0/s1. The van der Waals surface area contributed by atoms with Gasteiger partial charge < -0.3 is 24.9 Å². The summed E-state index contributed by atoms with van der Waals surface area (Å²) in [7, 11) is 1.73. The molecule has 1 atom stereocenters. The van der Waals surface area contributed by atoms with Crippen LogP contribution in [0.15, 0.2) is 60.7 Å². The zero-order valence-corrected chi connectivity index (χ0v) is 20.2. The Hall–Kier alpha value is -4.68. The molecule has 2 heterocycles. The molecule has 0 radical (unpaired) electrons. The van der Waals surface area contributed by atoms with Gasteiger partial charge in [-0.05, 0) is 42.8 Å². The van der Waals surface area contributed by atoms with Crippen LogP contribution < -0.4 is 14.8 Å². The van der Waals surface area contributed by atoms with Crippen LogP contribution in [0.4, 0.5) is 10.1 Å². The largest absolute Gasteiger partial charge is 0.487 e.